The van der Waals surface area contributed by atoms with Gasteiger partial charge in [-0.2, -0.15) is 0 Å². The van der Waals surface area contributed by atoms with E-state index in [4.69, 9.17) is 4.74 Å². The molecule has 1 aliphatic rings. The van der Waals surface area contributed by atoms with Crippen LogP contribution in [0.1, 0.15) is 45.6 Å². The highest BCUT2D eigenvalue weighted by molar-refractivity contribution is 5.79. The molecule has 1 aromatic carbocycles. The Morgan fingerprint density at radius 2 is 2.08 bits per heavy atom. The summed E-state index contributed by atoms with van der Waals surface area (Å²) in [5.41, 5.74) is 1.40. The van der Waals surface area contributed by atoms with Gasteiger partial charge >= 0.3 is 0 Å². The first-order valence-electron chi connectivity index (χ1n) is 9.95. The van der Waals surface area contributed by atoms with Crippen LogP contribution in [0.4, 0.5) is 0 Å². The number of nitrogens with zero attached hydrogens (tertiary/aromatic N) is 2. The zero-order valence-electron chi connectivity index (χ0n) is 16.9. The van der Waals surface area contributed by atoms with Gasteiger partial charge in [0.15, 0.2) is 5.96 Å². The fourth-order valence-electron chi connectivity index (χ4n) is 3.39. The van der Waals surface area contributed by atoms with Crippen molar-refractivity contribution in [2.75, 3.05) is 26.7 Å². The summed E-state index contributed by atoms with van der Waals surface area (Å²) in [7, 11) is 1.84. The molecule has 5 nitrogen and oxygen atoms in total. The molecule has 1 saturated heterocycles. The van der Waals surface area contributed by atoms with Crippen LogP contribution in [0, 0.1) is 0 Å². The number of benzene rings is 1. The Bertz CT molecular complexity index is 532. The molecule has 0 saturated carbocycles. The zero-order chi connectivity index (χ0) is 18.8. The van der Waals surface area contributed by atoms with Gasteiger partial charge in [-0.3, -0.25) is 9.89 Å². The molecular weight excluding hydrogens is 324 g/mol. The Labute approximate surface area is 159 Å². The van der Waals surface area contributed by atoms with Gasteiger partial charge in [-0.1, -0.05) is 30.3 Å². The van der Waals surface area contributed by atoms with Crippen LogP contribution in [0.3, 0.4) is 0 Å². The molecule has 2 atom stereocenters. The number of piperidine rings is 1. The van der Waals surface area contributed by atoms with Crippen LogP contribution >= 0.6 is 0 Å². The van der Waals surface area contributed by atoms with E-state index in [1.54, 1.807) is 0 Å². The van der Waals surface area contributed by atoms with Gasteiger partial charge < -0.3 is 15.4 Å². The fourth-order valence-corrected chi connectivity index (χ4v) is 3.39. The molecule has 0 aromatic heterocycles. The predicted octanol–water partition coefficient (Wildman–Crippen LogP) is 3.02. The van der Waals surface area contributed by atoms with E-state index >= 15 is 0 Å². The number of hydrogen-bond donors (Lipinski definition) is 2. The van der Waals surface area contributed by atoms with Crippen molar-refractivity contribution in [2.24, 2.45) is 4.99 Å². The summed E-state index contributed by atoms with van der Waals surface area (Å²) < 4.78 is 5.58. The van der Waals surface area contributed by atoms with Crippen LogP contribution in [0.25, 0.3) is 0 Å². The normalized spacial score (nSPS) is 21.8. The highest BCUT2D eigenvalue weighted by atomic mass is 16.5. The first kappa shape index (κ1) is 20.7. The monoisotopic (exact) mass is 360 g/mol. The van der Waals surface area contributed by atoms with Crippen molar-refractivity contribution < 1.29 is 4.74 Å². The minimum absolute atomic E-state index is 0.301. The van der Waals surface area contributed by atoms with E-state index in [0.29, 0.717) is 18.2 Å². The van der Waals surface area contributed by atoms with Gasteiger partial charge in [-0.25, -0.2) is 0 Å². The summed E-state index contributed by atoms with van der Waals surface area (Å²) in [4.78, 5) is 6.94. The minimum Gasteiger partial charge on any atom is -0.379 e. The zero-order valence-corrected chi connectivity index (χ0v) is 16.9. The lowest BCUT2D eigenvalue weighted by atomic mass is 9.97. The Kier molecular flexibility index (Phi) is 8.92. The van der Waals surface area contributed by atoms with Crippen molar-refractivity contribution in [3.8, 4) is 0 Å². The molecule has 0 aliphatic carbocycles. The molecular formula is C21H36N4O. The number of rotatable bonds is 8. The highest BCUT2D eigenvalue weighted by Crippen LogP contribution is 2.19. The average Bonchev–Trinajstić information content (AvgIpc) is 2.63. The van der Waals surface area contributed by atoms with Crippen LogP contribution in [0.5, 0.6) is 0 Å². The lowest BCUT2D eigenvalue weighted by Gasteiger charge is -2.38. The average molecular weight is 361 g/mol. The third-order valence-electron chi connectivity index (χ3n) is 4.87. The maximum Gasteiger partial charge on any atom is 0.191 e. The molecule has 1 heterocycles. The molecule has 146 valence electrons. The summed E-state index contributed by atoms with van der Waals surface area (Å²) in [5, 5.41) is 6.99. The lowest BCUT2D eigenvalue weighted by Crippen LogP contribution is -2.51. The summed E-state index contributed by atoms with van der Waals surface area (Å²) >= 11 is 0. The minimum atomic E-state index is 0.301. The van der Waals surface area contributed by atoms with E-state index in [1.807, 2.05) is 7.05 Å². The largest absolute Gasteiger partial charge is 0.379 e. The molecule has 5 heteroatoms. The van der Waals surface area contributed by atoms with Gasteiger partial charge in [0.1, 0.15) is 0 Å². The number of guanidine groups is 1. The van der Waals surface area contributed by atoms with Gasteiger partial charge in [0.05, 0.1) is 6.10 Å². The maximum atomic E-state index is 5.58. The second-order valence-corrected chi connectivity index (χ2v) is 7.44. The standard InChI is InChI=1S/C21H36N4O/c1-17(2)26-14-8-12-23-21(22-4)24-20-11-13-25(18(3)15-20)16-19-9-6-5-7-10-19/h5-7,9-10,17-18,20H,8,11-16H2,1-4H3,(H2,22,23,24). The quantitative estimate of drug-likeness (QED) is 0.425. The number of ether oxygens (including phenoxy) is 1. The van der Waals surface area contributed by atoms with E-state index in [-0.39, 0.29) is 0 Å². The molecule has 2 unspecified atom stereocenters. The van der Waals surface area contributed by atoms with Gasteiger partial charge in [0, 0.05) is 45.4 Å². The third kappa shape index (κ3) is 7.34. The summed E-state index contributed by atoms with van der Waals surface area (Å²) in [6, 6.07) is 11.8. The summed E-state index contributed by atoms with van der Waals surface area (Å²) in [6.07, 6.45) is 3.58. The van der Waals surface area contributed by atoms with E-state index in [0.717, 1.165) is 51.5 Å². The van der Waals surface area contributed by atoms with Crippen molar-refractivity contribution in [3.05, 3.63) is 35.9 Å². The Hall–Kier alpha value is -1.59. The Morgan fingerprint density at radius 3 is 2.73 bits per heavy atom. The van der Waals surface area contributed by atoms with Crippen LogP contribution in [-0.4, -0.2) is 55.8 Å². The first-order valence-corrected chi connectivity index (χ1v) is 9.95. The van der Waals surface area contributed by atoms with Gasteiger partial charge in [-0.05, 0) is 45.6 Å². The summed E-state index contributed by atoms with van der Waals surface area (Å²) in [6.45, 7) is 10.3. The number of hydrogen-bond acceptors (Lipinski definition) is 3. The molecule has 2 N–H and O–H groups in total. The van der Waals surface area contributed by atoms with Crippen LogP contribution < -0.4 is 10.6 Å². The molecule has 2 rings (SSSR count). The van der Waals surface area contributed by atoms with Crippen molar-refractivity contribution >= 4 is 5.96 Å². The SMILES string of the molecule is CN=C(NCCCOC(C)C)NC1CCN(Cc2ccccc2)C(C)C1. The van der Waals surface area contributed by atoms with Crippen molar-refractivity contribution in [3.63, 3.8) is 0 Å². The van der Waals surface area contributed by atoms with Crippen LogP contribution in [0.2, 0.25) is 0 Å². The first-order chi connectivity index (χ1) is 12.6. The van der Waals surface area contributed by atoms with Crippen LogP contribution in [-0.2, 0) is 11.3 Å². The molecule has 1 fully saturated rings. The highest BCUT2D eigenvalue weighted by Gasteiger charge is 2.25. The van der Waals surface area contributed by atoms with E-state index in [2.05, 4.69) is 71.6 Å². The molecule has 0 radical (unpaired) electrons. The second-order valence-electron chi connectivity index (χ2n) is 7.44. The number of aliphatic imine (C=N–C) groups is 1. The Balaban J connectivity index is 1.70. The fraction of sp³-hybridized carbons (Fsp3) is 0.667. The van der Waals surface area contributed by atoms with Crippen LogP contribution in [0.15, 0.2) is 35.3 Å². The van der Waals surface area contributed by atoms with Gasteiger partial charge in [0.2, 0.25) is 0 Å². The van der Waals surface area contributed by atoms with Gasteiger partial charge in [-0.15, -0.1) is 0 Å². The van der Waals surface area contributed by atoms with Crippen molar-refractivity contribution in [1.82, 2.24) is 15.5 Å². The van der Waals surface area contributed by atoms with Crippen molar-refractivity contribution in [2.45, 2.75) is 64.8 Å². The molecule has 0 spiro atoms. The van der Waals surface area contributed by atoms with Gasteiger partial charge in [0.25, 0.3) is 0 Å². The Morgan fingerprint density at radius 1 is 1.31 bits per heavy atom. The topological polar surface area (TPSA) is 48.9 Å². The molecule has 26 heavy (non-hydrogen) atoms. The summed E-state index contributed by atoms with van der Waals surface area (Å²) in [5.74, 6) is 0.906. The lowest BCUT2D eigenvalue weighted by molar-refractivity contribution is 0.0776. The van der Waals surface area contributed by atoms with E-state index < -0.39 is 0 Å². The smallest absolute Gasteiger partial charge is 0.191 e. The maximum absolute atomic E-state index is 5.58. The van der Waals surface area contributed by atoms with E-state index in [9.17, 15) is 0 Å². The third-order valence-corrected chi connectivity index (χ3v) is 4.87. The molecule has 0 amide bonds. The molecule has 0 bridgehead atoms. The van der Waals surface area contributed by atoms with E-state index in [1.165, 1.54) is 5.56 Å². The number of likely N-dealkylation sites (tertiary alicyclic amines) is 1. The molecule has 1 aromatic rings. The molecule has 1 aliphatic heterocycles. The predicted molar refractivity (Wildman–Crippen MR) is 110 cm³/mol. The number of nitrogens with one attached hydrogen (secondary N) is 2. The van der Waals surface area contributed by atoms with Crippen molar-refractivity contribution in [1.29, 1.82) is 0 Å². The second kappa shape index (κ2) is 11.2.